The van der Waals surface area contributed by atoms with Crippen LogP contribution in [-0.4, -0.2) is 11.7 Å². The van der Waals surface area contributed by atoms with E-state index in [1.807, 2.05) is 37.3 Å². The molecule has 72 valence electrons. The average Bonchev–Trinajstić information content (AvgIpc) is 2.19. The predicted molar refractivity (Wildman–Crippen MR) is 54.3 cm³/mol. The van der Waals surface area contributed by atoms with Gasteiger partial charge in [-0.15, -0.1) is 0 Å². The van der Waals surface area contributed by atoms with E-state index in [9.17, 15) is 0 Å². The normalized spacial score (nSPS) is 15.3. The van der Waals surface area contributed by atoms with E-state index >= 15 is 0 Å². The van der Waals surface area contributed by atoms with Crippen LogP contribution in [0.2, 0.25) is 0 Å². The second-order valence-electron chi connectivity index (χ2n) is 3.35. The highest BCUT2D eigenvalue weighted by molar-refractivity contribution is 5.23. The molecule has 0 spiro atoms. The summed E-state index contributed by atoms with van der Waals surface area (Å²) < 4.78 is 0. The van der Waals surface area contributed by atoms with Gasteiger partial charge in [0.1, 0.15) is 0 Å². The minimum absolute atomic E-state index is 0.138. The van der Waals surface area contributed by atoms with Gasteiger partial charge < -0.3 is 10.8 Å². The highest BCUT2D eigenvalue weighted by atomic mass is 16.3. The molecular weight excluding hydrogens is 162 g/mol. The van der Waals surface area contributed by atoms with E-state index < -0.39 is 0 Å². The fraction of sp³-hybridized carbons (Fsp3) is 0.455. The Labute approximate surface area is 79.4 Å². The fourth-order valence-corrected chi connectivity index (χ4v) is 1.49. The maximum Gasteiger partial charge on any atom is 0.0451 e. The maximum absolute atomic E-state index is 8.91. The SMILES string of the molecule is CC[C@](N)(CCO)c1ccccc1. The predicted octanol–water partition coefficient (Wildman–Crippen LogP) is 1.63. The maximum atomic E-state index is 8.91. The summed E-state index contributed by atoms with van der Waals surface area (Å²) in [5, 5.41) is 8.91. The zero-order valence-corrected chi connectivity index (χ0v) is 8.03. The van der Waals surface area contributed by atoms with E-state index in [4.69, 9.17) is 10.8 Å². The summed E-state index contributed by atoms with van der Waals surface area (Å²) in [4.78, 5) is 0. The number of aliphatic hydroxyl groups excluding tert-OH is 1. The topological polar surface area (TPSA) is 46.2 Å². The first-order valence-corrected chi connectivity index (χ1v) is 4.68. The third-order valence-corrected chi connectivity index (χ3v) is 2.54. The van der Waals surface area contributed by atoms with Gasteiger partial charge in [-0.25, -0.2) is 0 Å². The Morgan fingerprint density at radius 1 is 1.31 bits per heavy atom. The van der Waals surface area contributed by atoms with Crippen LogP contribution < -0.4 is 5.73 Å². The summed E-state index contributed by atoms with van der Waals surface area (Å²) in [7, 11) is 0. The van der Waals surface area contributed by atoms with Crippen LogP contribution in [0.1, 0.15) is 25.3 Å². The summed E-state index contributed by atoms with van der Waals surface area (Å²) in [6.45, 7) is 2.18. The molecule has 13 heavy (non-hydrogen) atoms. The van der Waals surface area contributed by atoms with Crippen molar-refractivity contribution >= 4 is 0 Å². The molecular formula is C11H17NO. The standard InChI is InChI=1S/C11H17NO/c1-2-11(12,8-9-13)10-6-4-3-5-7-10/h3-7,13H,2,8-9,12H2,1H3/t11-/m0/s1. The van der Waals surface area contributed by atoms with Crippen LogP contribution in [0.5, 0.6) is 0 Å². The zero-order chi connectivity index (χ0) is 9.73. The number of nitrogens with two attached hydrogens (primary N) is 1. The van der Waals surface area contributed by atoms with Gasteiger partial charge in [0, 0.05) is 12.1 Å². The van der Waals surface area contributed by atoms with Gasteiger partial charge in [0.2, 0.25) is 0 Å². The Morgan fingerprint density at radius 2 is 1.92 bits per heavy atom. The molecule has 2 nitrogen and oxygen atoms in total. The molecule has 1 rings (SSSR count). The number of hydrogen-bond donors (Lipinski definition) is 2. The Balaban J connectivity index is 2.89. The molecule has 0 aromatic heterocycles. The van der Waals surface area contributed by atoms with Crippen molar-refractivity contribution in [3.8, 4) is 0 Å². The van der Waals surface area contributed by atoms with Gasteiger partial charge in [-0.3, -0.25) is 0 Å². The molecule has 0 saturated heterocycles. The molecule has 0 amide bonds. The molecule has 0 aliphatic carbocycles. The molecule has 3 N–H and O–H groups in total. The zero-order valence-electron chi connectivity index (χ0n) is 8.03. The van der Waals surface area contributed by atoms with E-state index in [-0.39, 0.29) is 12.1 Å². The number of hydrogen-bond acceptors (Lipinski definition) is 2. The molecule has 0 aliphatic heterocycles. The van der Waals surface area contributed by atoms with E-state index in [0.717, 1.165) is 12.0 Å². The van der Waals surface area contributed by atoms with E-state index in [2.05, 4.69) is 0 Å². The molecule has 1 atom stereocenters. The molecule has 1 aromatic carbocycles. The van der Waals surface area contributed by atoms with Crippen molar-refractivity contribution in [2.45, 2.75) is 25.3 Å². The average molecular weight is 179 g/mol. The first-order valence-electron chi connectivity index (χ1n) is 4.68. The van der Waals surface area contributed by atoms with Crippen LogP contribution in [0, 0.1) is 0 Å². The van der Waals surface area contributed by atoms with Crippen molar-refractivity contribution < 1.29 is 5.11 Å². The lowest BCUT2D eigenvalue weighted by molar-refractivity contribution is 0.235. The summed E-state index contributed by atoms with van der Waals surface area (Å²) >= 11 is 0. The van der Waals surface area contributed by atoms with E-state index in [1.54, 1.807) is 0 Å². The van der Waals surface area contributed by atoms with Gasteiger partial charge in [0.15, 0.2) is 0 Å². The van der Waals surface area contributed by atoms with E-state index in [0.29, 0.717) is 6.42 Å². The molecule has 0 bridgehead atoms. The first-order chi connectivity index (χ1) is 6.23. The van der Waals surface area contributed by atoms with Gasteiger partial charge in [-0.05, 0) is 18.4 Å². The molecule has 0 aliphatic rings. The van der Waals surface area contributed by atoms with Crippen molar-refractivity contribution in [2.24, 2.45) is 5.73 Å². The number of aliphatic hydroxyl groups is 1. The summed E-state index contributed by atoms with van der Waals surface area (Å²) in [6, 6.07) is 9.95. The van der Waals surface area contributed by atoms with Crippen molar-refractivity contribution in [3.05, 3.63) is 35.9 Å². The van der Waals surface area contributed by atoms with Crippen LogP contribution in [0.4, 0.5) is 0 Å². The monoisotopic (exact) mass is 179 g/mol. The molecule has 2 heteroatoms. The van der Waals surface area contributed by atoms with Crippen molar-refractivity contribution in [1.82, 2.24) is 0 Å². The molecule has 0 heterocycles. The van der Waals surface area contributed by atoms with Gasteiger partial charge in [-0.2, -0.15) is 0 Å². The third kappa shape index (κ3) is 2.29. The highest BCUT2D eigenvalue weighted by Gasteiger charge is 2.23. The number of benzene rings is 1. The Kier molecular flexibility index (Phi) is 3.46. The van der Waals surface area contributed by atoms with Gasteiger partial charge in [-0.1, -0.05) is 37.3 Å². The summed E-state index contributed by atoms with van der Waals surface area (Å²) in [6.07, 6.45) is 1.46. The molecule has 0 unspecified atom stereocenters. The van der Waals surface area contributed by atoms with E-state index in [1.165, 1.54) is 0 Å². The van der Waals surface area contributed by atoms with Crippen LogP contribution in [0.3, 0.4) is 0 Å². The highest BCUT2D eigenvalue weighted by Crippen LogP contribution is 2.24. The lowest BCUT2D eigenvalue weighted by Gasteiger charge is -2.27. The summed E-state index contributed by atoms with van der Waals surface area (Å²) in [5.74, 6) is 0. The summed E-state index contributed by atoms with van der Waals surface area (Å²) in [5.41, 5.74) is 6.91. The van der Waals surface area contributed by atoms with Crippen LogP contribution in [-0.2, 0) is 5.54 Å². The largest absolute Gasteiger partial charge is 0.396 e. The molecule has 0 fully saturated rings. The minimum atomic E-state index is -0.365. The van der Waals surface area contributed by atoms with Crippen LogP contribution in [0.25, 0.3) is 0 Å². The fourth-order valence-electron chi connectivity index (χ4n) is 1.49. The van der Waals surface area contributed by atoms with Crippen molar-refractivity contribution in [1.29, 1.82) is 0 Å². The lowest BCUT2D eigenvalue weighted by atomic mass is 9.85. The quantitative estimate of drug-likeness (QED) is 0.738. The molecule has 0 radical (unpaired) electrons. The lowest BCUT2D eigenvalue weighted by Crippen LogP contribution is -2.36. The second kappa shape index (κ2) is 4.40. The Bertz CT molecular complexity index is 248. The smallest absolute Gasteiger partial charge is 0.0451 e. The van der Waals surface area contributed by atoms with Gasteiger partial charge in [0.05, 0.1) is 0 Å². The first kappa shape index (κ1) is 10.2. The Morgan fingerprint density at radius 3 is 2.38 bits per heavy atom. The Hall–Kier alpha value is -0.860. The molecule has 0 saturated carbocycles. The second-order valence-corrected chi connectivity index (χ2v) is 3.35. The third-order valence-electron chi connectivity index (χ3n) is 2.54. The van der Waals surface area contributed by atoms with Crippen molar-refractivity contribution in [3.63, 3.8) is 0 Å². The van der Waals surface area contributed by atoms with Crippen LogP contribution >= 0.6 is 0 Å². The molecule has 1 aromatic rings. The van der Waals surface area contributed by atoms with Crippen LogP contribution in [0.15, 0.2) is 30.3 Å². The van der Waals surface area contributed by atoms with Gasteiger partial charge in [0.25, 0.3) is 0 Å². The minimum Gasteiger partial charge on any atom is -0.396 e. The van der Waals surface area contributed by atoms with Crippen molar-refractivity contribution in [2.75, 3.05) is 6.61 Å². The number of rotatable bonds is 4. The van der Waals surface area contributed by atoms with Gasteiger partial charge >= 0.3 is 0 Å².